The Morgan fingerprint density at radius 1 is 0.815 bits per heavy atom. The van der Waals surface area contributed by atoms with E-state index in [0.717, 1.165) is 38.6 Å². The molecular weight excluding hydrogens is 653 g/mol. The lowest BCUT2D eigenvalue weighted by atomic mass is 9.83. The van der Waals surface area contributed by atoms with Crippen LogP contribution < -0.4 is 5.32 Å². The molecule has 0 saturated carbocycles. The van der Waals surface area contributed by atoms with Gasteiger partial charge in [-0.3, -0.25) is 10.3 Å². The standard InChI is InChI=1S/C52H64N2/c1-9-14-26-42(37(6)12-4)46(27-15-10-2)50-33-34-51(48-30-20-19-29-47(48)50)49-32-31-44(45(22-11-3)41(49)13-5)40-25-21-24-39(35-40)36-54-52(53-8)43-28-18-16-17-23-38(43)7/h11,14-15,19-22,24-27,29-35,37,52,54H,8-10,12-13,16-18,23,28,36H2,1-7H3/b22-11-,26-14-,27-15-,46-42+. The fourth-order valence-electron chi connectivity index (χ4n) is 8.22. The number of fused-ring (bicyclic) bond motifs is 1. The molecule has 5 rings (SSSR count). The van der Waals surface area contributed by atoms with Crippen molar-refractivity contribution >= 4 is 29.1 Å². The molecule has 0 amide bonds. The first-order chi connectivity index (χ1) is 26.4. The van der Waals surface area contributed by atoms with Crippen LogP contribution in [0.2, 0.25) is 0 Å². The number of benzene rings is 4. The van der Waals surface area contributed by atoms with E-state index in [1.54, 1.807) is 0 Å². The highest BCUT2D eigenvalue weighted by molar-refractivity contribution is 6.05. The van der Waals surface area contributed by atoms with Crippen molar-refractivity contribution in [2.75, 3.05) is 0 Å². The zero-order valence-corrected chi connectivity index (χ0v) is 34.3. The molecule has 2 unspecified atom stereocenters. The summed E-state index contributed by atoms with van der Waals surface area (Å²) in [6.07, 6.45) is 24.0. The van der Waals surface area contributed by atoms with Gasteiger partial charge in [-0.1, -0.05) is 150 Å². The number of hydrogen-bond acceptors (Lipinski definition) is 2. The highest BCUT2D eigenvalue weighted by atomic mass is 15.1. The topological polar surface area (TPSA) is 24.4 Å². The van der Waals surface area contributed by atoms with Crippen molar-refractivity contribution in [2.45, 2.75) is 119 Å². The lowest BCUT2D eigenvalue weighted by molar-refractivity contribution is 0.565. The first kappa shape index (κ1) is 40.7. The van der Waals surface area contributed by atoms with E-state index in [1.165, 1.54) is 103 Å². The third-order valence-corrected chi connectivity index (χ3v) is 11.4. The van der Waals surface area contributed by atoms with Gasteiger partial charge in [0.1, 0.15) is 6.17 Å². The fraction of sp³-hybridized carbons (Fsp3) is 0.365. The summed E-state index contributed by atoms with van der Waals surface area (Å²) in [5, 5.41) is 6.34. The Balaban J connectivity index is 1.59. The summed E-state index contributed by atoms with van der Waals surface area (Å²) in [6.45, 7) is 20.5. The number of aliphatic imine (C=N–C) groups is 1. The third-order valence-electron chi connectivity index (χ3n) is 11.4. The molecular formula is C52H64N2. The number of nitrogens with zero attached hydrogens (tertiary/aromatic N) is 1. The van der Waals surface area contributed by atoms with Gasteiger partial charge in [0, 0.05) is 6.54 Å². The molecule has 0 aliphatic heterocycles. The minimum atomic E-state index is -0.0267. The third kappa shape index (κ3) is 9.39. The summed E-state index contributed by atoms with van der Waals surface area (Å²) in [5.41, 5.74) is 16.0. The van der Waals surface area contributed by atoms with E-state index < -0.39 is 0 Å². The van der Waals surface area contributed by atoms with Crippen LogP contribution >= 0.6 is 0 Å². The van der Waals surface area contributed by atoms with Crippen LogP contribution in [0.5, 0.6) is 0 Å². The van der Waals surface area contributed by atoms with Gasteiger partial charge in [-0.2, -0.15) is 0 Å². The second kappa shape index (κ2) is 20.2. The lowest BCUT2D eigenvalue weighted by Gasteiger charge is -2.21. The fourth-order valence-corrected chi connectivity index (χ4v) is 8.22. The van der Waals surface area contributed by atoms with Crippen LogP contribution in [0.4, 0.5) is 0 Å². The smallest absolute Gasteiger partial charge is 0.121 e. The number of rotatable bonds is 16. The zero-order chi connectivity index (χ0) is 38.5. The predicted octanol–water partition coefficient (Wildman–Crippen LogP) is 14.9. The molecule has 4 aromatic rings. The highest BCUT2D eigenvalue weighted by Crippen LogP contribution is 2.41. The molecule has 2 atom stereocenters. The van der Waals surface area contributed by atoms with Gasteiger partial charge < -0.3 is 0 Å². The molecule has 54 heavy (non-hydrogen) atoms. The Hall–Kier alpha value is -4.53. The van der Waals surface area contributed by atoms with Crippen molar-refractivity contribution in [1.29, 1.82) is 0 Å². The van der Waals surface area contributed by atoms with Gasteiger partial charge in [0.25, 0.3) is 0 Å². The second-order valence-corrected chi connectivity index (χ2v) is 14.9. The van der Waals surface area contributed by atoms with Crippen LogP contribution in [0.3, 0.4) is 0 Å². The molecule has 4 aromatic carbocycles. The van der Waals surface area contributed by atoms with Crippen LogP contribution in [0.1, 0.15) is 122 Å². The molecule has 0 heterocycles. The monoisotopic (exact) mass is 717 g/mol. The van der Waals surface area contributed by atoms with E-state index in [-0.39, 0.29) is 6.17 Å². The van der Waals surface area contributed by atoms with Crippen molar-refractivity contribution in [3.63, 3.8) is 0 Å². The Bertz CT molecular complexity index is 2050. The quantitative estimate of drug-likeness (QED) is 0.0697. The van der Waals surface area contributed by atoms with Crippen molar-refractivity contribution < 1.29 is 0 Å². The average Bonchev–Trinajstić information content (AvgIpc) is 3.42. The highest BCUT2D eigenvalue weighted by Gasteiger charge is 2.20. The van der Waals surface area contributed by atoms with Gasteiger partial charge in [-0.25, -0.2) is 0 Å². The van der Waals surface area contributed by atoms with Crippen LogP contribution in [-0.2, 0) is 13.0 Å². The van der Waals surface area contributed by atoms with Crippen molar-refractivity contribution in [3.05, 3.63) is 142 Å². The maximum Gasteiger partial charge on any atom is 0.121 e. The van der Waals surface area contributed by atoms with E-state index in [9.17, 15) is 0 Å². The van der Waals surface area contributed by atoms with E-state index in [2.05, 4.69) is 175 Å². The maximum atomic E-state index is 4.54. The van der Waals surface area contributed by atoms with Crippen LogP contribution in [-0.4, -0.2) is 12.9 Å². The van der Waals surface area contributed by atoms with E-state index in [0.29, 0.717) is 5.92 Å². The summed E-state index contributed by atoms with van der Waals surface area (Å²) in [5.74, 6) is 0.461. The Kier molecular flexibility index (Phi) is 15.2. The summed E-state index contributed by atoms with van der Waals surface area (Å²) in [4.78, 5) is 4.54. The zero-order valence-electron chi connectivity index (χ0n) is 34.3. The summed E-state index contributed by atoms with van der Waals surface area (Å²) < 4.78 is 0. The molecule has 0 spiro atoms. The molecule has 0 aromatic heterocycles. The van der Waals surface area contributed by atoms with Gasteiger partial charge in [-0.15, -0.1) is 0 Å². The van der Waals surface area contributed by atoms with Gasteiger partial charge in [0.2, 0.25) is 0 Å². The number of allylic oxidation sites excluding steroid dienone is 8. The first-order valence-corrected chi connectivity index (χ1v) is 20.8. The molecule has 0 fully saturated rings. The molecule has 2 nitrogen and oxygen atoms in total. The average molecular weight is 717 g/mol. The minimum Gasteiger partial charge on any atom is -0.288 e. The largest absolute Gasteiger partial charge is 0.288 e. The molecule has 1 aliphatic rings. The van der Waals surface area contributed by atoms with Crippen LogP contribution in [0, 0.1) is 5.92 Å². The number of nitrogens with one attached hydrogen (secondary N) is 1. The number of hydrogen-bond donors (Lipinski definition) is 1. The SMILES string of the molecule is C=NC(NCc1cccc(-c2ccc(-c3ccc(C(/C=C\CC)=C(\C=C/CC)C(C)CC)c4ccccc34)c(CC)c2/C=C\C)c1)C1=C(C)CCCCC1. The molecule has 1 aliphatic carbocycles. The molecule has 0 saturated heterocycles. The molecule has 282 valence electrons. The molecule has 0 radical (unpaired) electrons. The van der Waals surface area contributed by atoms with Crippen molar-refractivity contribution in [2.24, 2.45) is 10.9 Å². The Morgan fingerprint density at radius 3 is 2.26 bits per heavy atom. The van der Waals surface area contributed by atoms with Crippen LogP contribution in [0.15, 0.2) is 125 Å². The van der Waals surface area contributed by atoms with E-state index in [1.807, 2.05) is 0 Å². The summed E-state index contributed by atoms with van der Waals surface area (Å²) >= 11 is 0. The molecule has 1 N–H and O–H groups in total. The minimum absolute atomic E-state index is 0.0267. The first-order valence-electron chi connectivity index (χ1n) is 20.8. The normalized spacial score (nSPS) is 15.7. The predicted molar refractivity (Wildman–Crippen MR) is 240 cm³/mol. The Morgan fingerprint density at radius 2 is 1.54 bits per heavy atom. The van der Waals surface area contributed by atoms with Crippen molar-refractivity contribution in [3.8, 4) is 22.3 Å². The van der Waals surface area contributed by atoms with Gasteiger partial charge >= 0.3 is 0 Å². The molecule has 0 bridgehead atoms. The maximum absolute atomic E-state index is 4.54. The van der Waals surface area contributed by atoms with Gasteiger partial charge in [-0.05, 0) is 156 Å². The molecule has 2 heteroatoms. The van der Waals surface area contributed by atoms with Crippen molar-refractivity contribution in [1.82, 2.24) is 5.32 Å². The van der Waals surface area contributed by atoms with E-state index in [4.69, 9.17) is 0 Å². The van der Waals surface area contributed by atoms with Gasteiger partial charge in [0.05, 0.1) is 0 Å². The Labute approximate surface area is 327 Å². The second-order valence-electron chi connectivity index (χ2n) is 14.9. The summed E-state index contributed by atoms with van der Waals surface area (Å²) in [7, 11) is 0. The lowest BCUT2D eigenvalue weighted by Crippen LogP contribution is -2.29. The van der Waals surface area contributed by atoms with E-state index >= 15 is 0 Å². The van der Waals surface area contributed by atoms with Gasteiger partial charge in [0.15, 0.2) is 0 Å². The summed E-state index contributed by atoms with van der Waals surface area (Å²) in [6, 6.07) is 27.5. The van der Waals surface area contributed by atoms with Crippen LogP contribution in [0.25, 0.3) is 44.7 Å².